The molecule has 148 valence electrons. The number of benzene rings is 1. The summed E-state index contributed by atoms with van der Waals surface area (Å²) in [5.41, 5.74) is 4.92. The van der Waals surface area contributed by atoms with E-state index in [-0.39, 0.29) is 6.04 Å². The number of aromatic nitrogens is 2. The van der Waals surface area contributed by atoms with Gasteiger partial charge in [-0.25, -0.2) is 0 Å². The molecule has 0 aliphatic rings. The van der Waals surface area contributed by atoms with Crippen molar-refractivity contribution in [3.63, 3.8) is 0 Å². The van der Waals surface area contributed by atoms with Gasteiger partial charge in [-0.3, -0.25) is 9.67 Å². The third kappa shape index (κ3) is 6.01. The fourth-order valence-corrected chi connectivity index (χ4v) is 3.23. The standard InChI is InChI=1S/C21H33N5O/c1-15(13-20-16(2)25-26(5)17(20)3)24-21(22-4)23-12-8-10-18-9-7-11-19(14-18)27-6/h7,9,11,14-15H,8,10,12-13H2,1-6H3,(H2,22,23,24). The van der Waals surface area contributed by atoms with Crippen molar-refractivity contribution in [2.45, 2.75) is 46.1 Å². The zero-order chi connectivity index (χ0) is 19.8. The Kier molecular flexibility index (Phi) is 7.70. The minimum atomic E-state index is 0.274. The number of aryl methyl sites for hydroxylation is 3. The molecule has 2 aromatic rings. The summed E-state index contributed by atoms with van der Waals surface area (Å²) in [4.78, 5) is 4.35. The summed E-state index contributed by atoms with van der Waals surface area (Å²) in [7, 11) is 5.50. The molecule has 1 aromatic heterocycles. The first-order valence-electron chi connectivity index (χ1n) is 9.53. The summed E-state index contributed by atoms with van der Waals surface area (Å²) in [5, 5.41) is 11.4. The highest BCUT2D eigenvalue weighted by Gasteiger charge is 2.13. The van der Waals surface area contributed by atoms with Crippen LogP contribution in [0.4, 0.5) is 0 Å². The fourth-order valence-electron chi connectivity index (χ4n) is 3.23. The predicted octanol–water partition coefficient (Wildman–Crippen LogP) is 2.77. The molecule has 2 N–H and O–H groups in total. The highest BCUT2D eigenvalue weighted by atomic mass is 16.5. The van der Waals surface area contributed by atoms with Gasteiger partial charge in [-0.05, 0) is 63.3 Å². The Morgan fingerprint density at radius 1 is 1.33 bits per heavy atom. The van der Waals surface area contributed by atoms with Crippen molar-refractivity contribution in [3.8, 4) is 5.75 Å². The molecule has 6 nitrogen and oxygen atoms in total. The van der Waals surface area contributed by atoms with E-state index < -0.39 is 0 Å². The van der Waals surface area contributed by atoms with E-state index in [0.29, 0.717) is 0 Å². The van der Waals surface area contributed by atoms with E-state index in [1.807, 2.05) is 30.9 Å². The Balaban J connectivity index is 1.78. The molecule has 1 aromatic carbocycles. The molecule has 6 heteroatoms. The summed E-state index contributed by atoms with van der Waals surface area (Å²) in [6.07, 6.45) is 2.96. The molecular weight excluding hydrogens is 338 g/mol. The van der Waals surface area contributed by atoms with Crippen LogP contribution in [0.2, 0.25) is 0 Å². The molecule has 2 rings (SSSR count). The quantitative estimate of drug-likeness (QED) is 0.425. The average Bonchev–Trinajstić information content (AvgIpc) is 2.90. The molecule has 1 atom stereocenters. The zero-order valence-electron chi connectivity index (χ0n) is 17.5. The van der Waals surface area contributed by atoms with E-state index >= 15 is 0 Å². The second kappa shape index (κ2) is 10.00. The van der Waals surface area contributed by atoms with Gasteiger partial charge in [-0.15, -0.1) is 0 Å². The minimum absolute atomic E-state index is 0.274. The van der Waals surface area contributed by atoms with Gasteiger partial charge in [0.15, 0.2) is 5.96 Å². The van der Waals surface area contributed by atoms with Gasteiger partial charge in [-0.2, -0.15) is 5.10 Å². The van der Waals surface area contributed by atoms with Gasteiger partial charge in [0.2, 0.25) is 0 Å². The largest absolute Gasteiger partial charge is 0.497 e. The molecule has 1 unspecified atom stereocenters. The number of hydrogen-bond donors (Lipinski definition) is 2. The number of aliphatic imine (C=N–C) groups is 1. The van der Waals surface area contributed by atoms with Gasteiger partial charge in [0.05, 0.1) is 12.8 Å². The van der Waals surface area contributed by atoms with Crippen molar-refractivity contribution < 1.29 is 4.74 Å². The van der Waals surface area contributed by atoms with Gasteiger partial charge in [0.1, 0.15) is 5.75 Å². The smallest absolute Gasteiger partial charge is 0.191 e. The highest BCUT2D eigenvalue weighted by molar-refractivity contribution is 5.79. The third-order valence-electron chi connectivity index (χ3n) is 4.84. The van der Waals surface area contributed by atoms with E-state index in [0.717, 1.165) is 43.2 Å². The van der Waals surface area contributed by atoms with Crippen molar-refractivity contribution in [1.29, 1.82) is 0 Å². The Bertz CT molecular complexity index is 766. The van der Waals surface area contributed by atoms with Crippen molar-refractivity contribution in [2.75, 3.05) is 20.7 Å². The molecule has 0 saturated carbocycles. The molecule has 0 aliphatic carbocycles. The van der Waals surface area contributed by atoms with Crippen LogP contribution >= 0.6 is 0 Å². The van der Waals surface area contributed by atoms with Gasteiger partial charge in [0.25, 0.3) is 0 Å². The van der Waals surface area contributed by atoms with Crippen molar-refractivity contribution in [1.82, 2.24) is 20.4 Å². The van der Waals surface area contributed by atoms with Crippen molar-refractivity contribution >= 4 is 5.96 Å². The normalized spacial score (nSPS) is 12.7. The Morgan fingerprint density at radius 3 is 2.74 bits per heavy atom. The molecule has 1 heterocycles. The van der Waals surface area contributed by atoms with Crippen LogP contribution in [0.15, 0.2) is 29.3 Å². The van der Waals surface area contributed by atoms with Crippen LogP contribution in [0.5, 0.6) is 5.75 Å². The lowest BCUT2D eigenvalue weighted by atomic mass is 10.1. The second-order valence-corrected chi connectivity index (χ2v) is 6.98. The van der Waals surface area contributed by atoms with Crippen molar-refractivity contribution in [3.05, 3.63) is 46.8 Å². The molecule has 0 amide bonds. The number of guanidine groups is 1. The van der Waals surface area contributed by atoms with E-state index in [1.165, 1.54) is 16.8 Å². The number of ether oxygens (including phenoxy) is 1. The van der Waals surface area contributed by atoms with Crippen LogP contribution < -0.4 is 15.4 Å². The number of nitrogens with zero attached hydrogens (tertiary/aromatic N) is 3. The molecule has 0 spiro atoms. The molecule has 0 fully saturated rings. The predicted molar refractivity (Wildman–Crippen MR) is 112 cm³/mol. The maximum Gasteiger partial charge on any atom is 0.191 e. The van der Waals surface area contributed by atoms with Crippen LogP contribution in [0.25, 0.3) is 0 Å². The number of rotatable bonds is 8. The molecular formula is C21H33N5O. The van der Waals surface area contributed by atoms with Gasteiger partial charge in [0, 0.05) is 32.4 Å². The SMILES string of the molecule is CN=C(NCCCc1cccc(OC)c1)NC(C)Cc1c(C)nn(C)c1C. The van der Waals surface area contributed by atoms with Crippen LogP contribution in [-0.2, 0) is 19.9 Å². The Hall–Kier alpha value is -2.50. The van der Waals surface area contributed by atoms with Crippen molar-refractivity contribution in [2.24, 2.45) is 12.0 Å². The second-order valence-electron chi connectivity index (χ2n) is 6.98. The van der Waals surface area contributed by atoms with E-state index in [2.05, 4.69) is 53.6 Å². The summed E-state index contributed by atoms with van der Waals surface area (Å²) >= 11 is 0. The zero-order valence-corrected chi connectivity index (χ0v) is 17.5. The topological polar surface area (TPSA) is 63.5 Å². The monoisotopic (exact) mass is 371 g/mol. The molecule has 0 saturated heterocycles. The number of nitrogens with one attached hydrogen (secondary N) is 2. The molecule has 0 aliphatic heterocycles. The first-order valence-corrected chi connectivity index (χ1v) is 9.53. The maximum absolute atomic E-state index is 5.28. The van der Waals surface area contributed by atoms with E-state index in [4.69, 9.17) is 4.74 Å². The summed E-state index contributed by atoms with van der Waals surface area (Å²) in [6, 6.07) is 8.51. The molecule has 0 radical (unpaired) electrons. The number of hydrogen-bond acceptors (Lipinski definition) is 3. The van der Waals surface area contributed by atoms with Crippen LogP contribution in [0.3, 0.4) is 0 Å². The highest BCUT2D eigenvalue weighted by Crippen LogP contribution is 2.14. The Labute approximate surface area is 163 Å². The lowest BCUT2D eigenvalue weighted by molar-refractivity contribution is 0.414. The first kappa shape index (κ1) is 20.8. The summed E-state index contributed by atoms with van der Waals surface area (Å²) in [5.74, 6) is 1.75. The van der Waals surface area contributed by atoms with E-state index in [9.17, 15) is 0 Å². The average molecular weight is 372 g/mol. The lowest BCUT2D eigenvalue weighted by Crippen LogP contribution is -2.43. The van der Waals surface area contributed by atoms with Crippen LogP contribution in [-0.4, -0.2) is 42.5 Å². The lowest BCUT2D eigenvalue weighted by Gasteiger charge is -2.18. The molecule has 27 heavy (non-hydrogen) atoms. The summed E-state index contributed by atoms with van der Waals surface area (Å²) < 4.78 is 7.22. The number of methoxy groups -OCH3 is 1. The first-order chi connectivity index (χ1) is 12.9. The van der Waals surface area contributed by atoms with Crippen LogP contribution in [0, 0.1) is 13.8 Å². The van der Waals surface area contributed by atoms with Gasteiger partial charge in [-0.1, -0.05) is 12.1 Å². The Morgan fingerprint density at radius 2 is 2.11 bits per heavy atom. The summed E-state index contributed by atoms with van der Waals surface area (Å²) in [6.45, 7) is 7.23. The maximum atomic E-state index is 5.28. The van der Waals surface area contributed by atoms with Gasteiger partial charge >= 0.3 is 0 Å². The van der Waals surface area contributed by atoms with Gasteiger partial charge < -0.3 is 15.4 Å². The third-order valence-corrected chi connectivity index (χ3v) is 4.84. The minimum Gasteiger partial charge on any atom is -0.497 e. The fraction of sp³-hybridized carbons (Fsp3) is 0.524. The van der Waals surface area contributed by atoms with E-state index in [1.54, 1.807) is 7.11 Å². The van der Waals surface area contributed by atoms with Crippen LogP contribution in [0.1, 0.15) is 35.9 Å². The molecule has 0 bridgehead atoms.